The van der Waals surface area contributed by atoms with Gasteiger partial charge in [0, 0.05) is 13.7 Å². The highest BCUT2D eigenvalue weighted by atomic mass is 16.5. The van der Waals surface area contributed by atoms with Gasteiger partial charge in [0.2, 0.25) is 5.91 Å². The van der Waals surface area contributed by atoms with E-state index in [2.05, 4.69) is 5.32 Å². The Morgan fingerprint density at radius 3 is 2.39 bits per heavy atom. The summed E-state index contributed by atoms with van der Waals surface area (Å²) in [6.07, 6.45) is 2.93. The van der Waals surface area contributed by atoms with Crippen LogP contribution >= 0.6 is 0 Å². The van der Waals surface area contributed by atoms with Gasteiger partial charge in [-0.2, -0.15) is 0 Å². The van der Waals surface area contributed by atoms with Crippen LogP contribution in [0.5, 0.6) is 0 Å². The number of esters is 1. The summed E-state index contributed by atoms with van der Waals surface area (Å²) in [6.45, 7) is 0.273. The maximum absolute atomic E-state index is 11.9. The van der Waals surface area contributed by atoms with Crippen molar-refractivity contribution in [3.8, 4) is 0 Å². The monoisotopic (exact) mass is 258 g/mol. The number of amides is 1. The quantitative estimate of drug-likeness (QED) is 0.652. The van der Waals surface area contributed by atoms with E-state index in [4.69, 9.17) is 15.2 Å². The summed E-state index contributed by atoms with van der Waals surface area (Å²) >= 11 is 0. The van der Waals surface area contributed by atoms with Crippen molar-refractivity contribution in [2.75, 3.05) is 20.8 Å². The second-order valence-electron chi connectivity index (χ2n) is 4.63. The first-order valence-electron chi connectivity index (χ1n) is 6.20. The summed E-state index contributed by atoms with van der Waals surface area (Å²) in [5.74, 6) is -0.588. The topological polar surface area (TPSA) is 90.7 Å². The number of carbonyl (C=O) groups is 2. The number of methoxy groups -OCH3 is 2. The zero-order valence-electron chi connectivity index (χ0n) is 11.0. The molecule has 0 radical (unpaired) electrons. The first-order chi connectivity index (χ1) is 8.57. The van der Waals surface area contributed by atoms with E-state index >= 15 is 0 Å². The number of hydrogen-bond acceptors (Lipinski definition) is 5. The molecule has 1 rings (SSSR count). The molecule has 1 fully saturated rings. The van der Waals surface area contributed by atoms with Crippen LogP contribution < -0.4 is 11.1 Å². The van der Waals surface area contributed by atoms with Gasteiger partial charge in [-0.15, -0.1) is 0 Å². The molecule has 1 saturated carbocycles. The van der Waals surface area contributed by atoms with E-state index in [-0.39, 0.29) is 30.9 Å². The molecule has 0 heterocycles. The molecule has 1 aliphatic carbocycles. The predicted octanol–water partition coefficient (Wildman–Crippen LogP) is -0.0478. The molecular weight excluding hydrogens is 236 g/mol. The number of ether oxygens (including phenoxy) is 2. The van der Waals surface area contributed by atoms with Crippen molar-refractivity contribution in [3.63, 3.8) is 0 Å². The lowest BCUT2D eigenvalue weighted by molar-refractivity contribution is -0.151. The molecule has 3 N–H and O–H groups in total. The van der Waals surface area contributed by atoms with Gasteiger partial charge >= 0.3 is 5.97 Å². The molecule has 0 bridgehead atoms. The molecule has 104 valence electrons. The zero-order valence-corrected chi connectivity index (χ0v) is 11.0. The number of nitrogens with one attached hydrogen (secondary N) is 1. The second kappa shape index (κ2) is 6.70. The molecule has 6 heteroatoms. The molecule has 0 aromatic rings. The third-order valence-corrected chi connectivity index (χ3v) is 3.42. The van der Waals surface area contributed by atoms with Crippen LogP contribution in [-0.4, -0.2) is 44.3 Å². The summed E-state index contributed by atoms with van der Waals surface area (Å²) in [4.78, 5) is 23.7. The Hall–Kier alpha value is -1.14. The molecule has 1 atom stereocenters. The molecule has 0 spiro atoms. The van der Waals surface area contributed by atoms with Crippen molar-refractivity contribution in [2.24, 2.45) is 5.73 Å². The Morgan fingerprint density at radius 1 is 1.33 bits per heavy atom. The van der Waals surface area contributed by atoms with Crippen LogP contribution in [-0.2, 0) is 19.1 Å². The van der Waals surface area contributed by atoms with Crippen LogP contribution in [0.15, 0.2) is 0 Å². The van der Waals surface area contributed by atoms with Crippen LogP contribution in [0, 0.1) is 0 Å². The van der Waals surface area contributed by atoms with Crippen LogP contribution in [0.1, 0.15) is 32.1 Å². The number of rotatable bonds is 6. The van der Waals surface area contributed by atoms with E-state index in [1.54, 1.807) is 0 Å². The largest absolute Gasteiger partial charge is 0.467 e. The highest BCUT2D eigenvalue weighted by Crippen LogP contribution is 2.30. The first-order valence-corrected chi connectivity index (χ1v) is 6.20. The first kappa shape index (κ1) is 14.9. The fourth-order valence-electron chi connectivity index (χ4n) is 2.34. The van der Waals surface area contributed by atoms with Crippen molar-refractivity contribution in [1.82, 2.24) is 5.32 Å². The number of carbonyl (C=O) groups excluding carboxylic acids is 2. The van der Waals surface area contributed by atoms with E-state index in [9.17, 15) is 9.59 Å². The van der Waals surface area contributed by atoms with Crippen molar-refractivity contribution in [2.45, 2.75) is 43.7 Å². The molecule has 6 nitrogen and oxygen atoms in total. The van der Waals surface area contributed by atoms with Gasteiger partial charge in [0.15, 0.2) is 0 Å². The summed E-state index contributed by atoms with van der Waals surface area (Å²) in [5, 5.41) is 2.79. The normalized spacial score (nSPS) is 19.3. The van der Waals surface area contributed by atoms with Gasteiger partial charge < -0.3 is 20.5 Å². The maximum Gasteiger partial charge on any atom is 0.331 e. The van der Waals surface area contributed by atoms with Crippen molar-refractivity contribution in [1.29, 1.82) is 0 Å². The molecule has 0 aromatic carbocycles. The average molecular weight is 258 g/mol. The Kier molecular flexibility index (Phi) is 5.55. The van der Waals surface area contributed by atoms with E-state index in [0.717, 1.165) is 12.8 Å². The fraction of sp³-hybridized carbons (Fsp3) is 0.833. The molecule has 1 unspecified atom stereocenters. The van der Waals surface area contributed by atoms with Crippen molar-refractivity contribution < 1.29 is 19.1 Å². The molecule has 1 amide bonds. The molecule has 0 aliphatic heterocycles. The lowest BCUT2D eigenvalue weighted by Gasteiger charge is -2.27. The fourth-order valence-corrected chi connectivity index (χ4v) is 2.34. The molecule has 0 aromatic heterocycles. The Balaban J connectivity index is 2.61. The smallest absolute Gasteiger partial charge is 0.331 e. The van der Waals surface area contributed by atoms with Crippen LogP contribution in [0.25, 0.3) is 0 Å². The third kappa shape index (κ3) is 3.43. The average Bonchev–Trinajstić information content (AvgIpc) is 2.84. The summed E-state index contributed by atoms with van der Waals surface area (Å²) < 4.78 is 9.84. The lowest BCUT2D eigenvalue weighted by atomic mass is 9.97. The van der Waals surface area contributed by atoms with Crippen LogP contribution in [0.3, 0.4) is 0 Å². The standard InChI is InChI=1S/C12H22N2O4/c1-17-9(8-13)7-10(15)14-12(11(16)18-2)5-3-4-6-12/h9H,3-8,13H2,1-2H3,(H,14,15). The van der Waals surface area contributed by atoms with Gasteiger partial charge in [-0.3, -0.25) is 4.79 Å². The second-order valence-corrected chi connectivity index (χ2v) is 4.63. The van der Waals surface area contributed by atoms with Crippen molar-refractivity contribution in [3.05, 3.63) is 0 Å². The Labute approximate surface area is 107 Å². The van der Waals surface area contributed by atoms with Gasteiger partial charge in [-0.25, -0.2) is 4.79 Å². The summed E-state index contributed by atoms with van der Waals surface area (Å²) in [5.41, 5.74) is 4.61. The van der Waals surface area contributed by atoms with E-state index in [0.29, 0.717) is 12.8 Å². The lowest BCUT2D eigenvalue weighted by Crippen LogP contribution is -2.53. The van der Waals surface area contributed by atoms with Gasteiger partial charge in [0.05, 0.1) is 19.6 Å². The van der Waals surface area contributed by atoms with Gasteiger partial charge in [0.1, 0.15) is 5.54 Å². The van der Waals surface area contributed by atoms with Gasteiger partial charge in [0.25, 0.3) is 0 Å². The van der Waals surface area contributed by atoms with Crippen LogP contribution in [0.4, 0.5) is 0 Å². The Bertz CT molecular complexity index is 296. The summed E-state index contributed by atoms with van der Waals surface area (Å²) in [6, 6.07) is 0. The Morgan fingerprint density at radius 2 is 1.94 bits per heavy atom. The highest BCUT2D eigenvalue weighted by Gasteiger charge is 2.43. The van der Waals surface area contributed by atoms with E-state index < -0.39 is 5.54 Å². The number of nitrogens with two attached hydrogens (primary N) is 1. The molecule has 1 aliphatic rings. The zero-order chi connectivity index (χ0) is 13.6. The molecule has 18 heavy (non-hydrogen) atoms. The van der Waals surface area contributed by atoms with Crippen LogP contribution in [0.2, 0.25) is 0 Å². The number of hydrogen-bond donors (Lipinski definition) is 2. The minimum absolute atomic E-state index is 0.158. The highest BCUT2D eigenvalue weighted by molar-refractivity contribution is 5.88. The minimum Gasteiger partial charge on any atom is -0.467 e. The van der Waals surface area contributed by atoms with E-state index in [1.165, 1.54) is 14.2 Å². The third-order valence-electron chi connectivity index (χ3n) is 3.42. The summed E-state index contributed by atoms with van der Waals surface area (Å²) in [7, 11) is 2.85. The van der Waals surface area contributed by atoms with Gasteiger partial charge in [-0.05, 0) is 12.8 Å². The SMILES string of the molecule is COC(=O)C1(NC(=O)CC(CN)OC)CCCC1. The molecule has 0 saturated heterocycles. The molecular formula is C12H22N2O4. The van der Waals surface area contributed by atoms with E-state index in [1.807, 2.05) is 0 Å². The predicted molar refractivity (Wildman–Crippen MR) is 65.8 cm³/mol. The van der Waals surface area contributed by atoms with Gasteiger partial charge in [-0.1, -0.05) is 12.8 Å². The van der Waals surface area contributed by atoms with Crippen molar-refractivity contribution >= 4 is 11.9 Å². The maximum atomic E-state index is 11.9. The minimum atomic E-state index is -0.848.